The molecule has 0 fully saturated rings. The molecule has 0 saturated heterocycles. The zero-order valence-corrected chi connectivity index (χ0v) is 7.36. The number of esters is 1. The molecule has 0 amide bonds. The fourth-order valence-electron chi connectivity index (χ4n) is 0.711. The standard InChI is InChI=1S/C7H14O2S/c1-3-4-6(10)5-7(8)9-2/h6,10H,3-5H2,1-2H3. The van der Waals surface area contributed by atoms with Crippen molar-refractivity contribution < 1.29 is 9.53 Å². The molecule has 0 aromatic rings. The van der Waals surface area contributed by atoms with Crippen LogP contribution in [0.25, 0.3) is 0 Å². The van der Waals surface area contributed by atoms with Crippen LogP contribution in [0.1, 0.15) is 26.2 Å². The molecule has 0 aliphatic heterocycles. The van der Waals surface area contributed by atoms with Crippen molar-refractivity contribution in [3.8, 4) is 0 Å². The average molecular weight is 162 g/mol. The third-order valence-corrected chi connectivity index (χ3v) is 1.69. The van der Waals surface area contributed by atoms with Gasteiger partial charge in [0.1, 0.15) is 0 Å². The predicted octanol–water partition coefficient (Wildman–Crippen LogP) is 1.65. The molecule has 0 bridgehead atoms. The first kappa shape index (κ1) is 9.82. The van der Waals surface area contributed by atoms with E-state index in [0.717, 1.165) is 12.8 Å². The molecule has 0 aromatic heterocycles. The molecule has 0 aliphatic carbocycles. The summed E-state index contributed by atoms with van der Waals surface area (Å²) in [6.07, 6.45) is 2.46. The summed E-state index contributed by atoms with van der Waals surface area (Å²) in [6.45, 7) is 2.07. The van der Waals surface area contributed by atoms with E-state index in [1.165, 1.54) is 7.11 Å². The van der Waals surface area contributed by atoms with Crippen LogP contribution in [0.4, 0.5) is 0 Å². The Hall–Kier alpha value is -0.180. The zero-order chi connectivity index (χ0) is 7.98. The Morgan fingerprint density at radius 1 is 1.70 bits per heavy atom. The molecule has 0 saturated carbocycles. The van der Waals surface area contributed by atoms with Gasteiger partial charge in [0.15, 0.2) is 0 Å². The van der Waals surface area contributed by atoms with Crippen molar-refractivity contribution in [2.45, 2.75) is 31.4 Å². The highest BCUT2D eigenvalue weighted by molar-refractivity contribution is 7.81. The van der Waals surface area contributed by atoms with Crippen LogP contribution in [0.2, 0.25) is 0 Å². The van der Waals surface area contributed by atoms with Crippen molar-refractivity contribution in [2.24, 2.45) is 0 Å². The number of hydrogen-bond donors (Lipinski definition) is 1. The number of carbonyl (C=O) groups is 1. The zero-order valence-electron chi connectivity index (χ0n) is 6.46. The van der Waals surface area contributed by atoms with E-state index in [4.69, 9.17) is 0 Å². The van der Waals surface area contributed by atoms with Gasteiger partial charge in [0.05, 0.1) is 13.5 Å². The van der Waals surface area contributed by atoms with Gasteiger partial charge in [-0.25, -0.2) is 0 Å². The van der Waals surface area contributed by atoms with Gasteiger partial charge in [-0.1, -0.05) is 13.3 Å². The van der Waals surface area contributed by atoms with Crippen LogP contribution < -0.4 is 0 Å². The minimum absolute atomic E-state index is 0.164. The third kappa shape index (κ3) is 4.68. The minimum Gasteiger partial charge on any atom is -0.469 e. The maximum atomic E-state index is 10.6. The topological polar surface area (TPSA) is 26.3 Å². The Labute approximate surface area is 67.4 Å². The van der Waals surface area contributed by atoms with Crippen LogP contribution in [0.5, 0.6) is 0 Å². The van der Waals surface area contributed by atoms with Gasteiger partial charge >= 0.3 is 5.97 Å². The molecule has 10 heavy (non-hydrogen) atoms. The summed E-state index contributed by atoms with van der Waals surface area (Å²) in [5.41, 5.74) is 0. The van der Waals surface area contributed by atoms with E-state index in [9.17, 15) is 4.79 Å². The van der Waals surface area contributed by atoms with Crippen molar-refractivity contribution in [3.63, 3.8) is 0 Å². The van der Waals surface area contributed by atoms with E-state index in [0.29, 0.717) is 6.42 Å². The van der Waals surface area contributed by atoms with E-state index >= 15 is 0 Å². The summed E-state index contributed by atoms with van der Waals surface area (Å²) in [4.78, 5) is 10.6. The largest absolute Gasteiger partial charge is 0.469 e. The Kier molecular flexibility index (Phi) is 5.49. The Morgan fingerprint density at radius 3 is 2.70 bits per heavy atom. The SMILES string of the molecule is CCCC(S)CC(=O)OC. The average Bonchev–Trinajstić information content (AvgIpc) is 1.88. The Balaban J connectivity index is 3.37. The molecule has 0 heterocycles. The van der Waals surface area contributed by atoms with Gasteiger partial charge in [-0.05, 0) is 6.42 Å². The van der Waals surface area contributed by atoms with Gasteiger partial charge < -0.3 is 4.74 Å². The lowest BCUT2D eigenvalue weighted by Gasteiger charge is -2.05. The van der Waals surface area contributed by atoms with Crippen LogP contribution in [0, 0.1) is 0 Å². The van der Waals surface area contributed by atoms with Crippen LogP contribution in [-0.2, 0) is 9.53 Å². The summed E-state index contributed by atoms with van der Waals surface area (Å²) < 4.78 is 4.48. The van der Waals surface area contributed by atoms with Gasteiger partial charge in [-0.3, -0.25) is 4.79 Å². The molecule has 0 radical (unpaired) electrons. The molecule has 3 heteroatoms. The summed E-state index contributed by atoms with van der Waals surface area (Å²) in [6, 6.07) is 0. The van der Waals surface area contributed by atoms with E-state index in [1.54, 1.807) is 0 Å². The smallest absolute Gasteiger partial charge is 0.306 e. The second-order valence-corrected chi connectivity index (χ2v) is 2.95. The van der Waals surface area contributed by atoms with E-state index in [-0.39, 0.29) is 11.2 Å². The number of hydrogen-bond acceptors (Lipinski definition) is 3. The van der Waals surface area contributed by atoms with Crippen molar-refractivity contribution in [3.05, 3.63) is 0 Å². The van der Waals surface area contributed by atoms with E-state index < -0.39 is 0 Å². The highest BCUT2D eigenvalue weighted by Crippen LogP contribution is 2.08. The van der Waals surface area contributed by atoms with Gasteiger partial charge in [-0.2, -0.15) is 12.6 Å². The summed E-state index contributed by atoms with van der Waals surface area (Å²) in [5, 5.41) is 0.164. The second kappa shape index (κ2) is 5.59. The lowest BCUT2D eigenvalue weighted by Crippen LogP contribution is -2.09. The first-order chi connectivity index (χ1) is 4.70. The van der Waals surface area contributed by atoms with Crippen molar-refractivity contribution >= 4 is 18.6 Å². The third-order valence-electron chi connectivity index (χ3n) is 1.25. The molecule has 1 atom stereocenters. The quantitative estimate of drug-likeness (QED) is 0.502. The number of rotatable bonds is 4. The first-order valence-electron chi connectivity index (χ1n) is 3.45. The number of methoxy groups -OCH3 is 1. The highest BCUT2D eigenvalue weighted by Gasteiger charge is 2.07. The van der Waals surface area contributed by atoms with Crippen LogP contribution >= 0.6 is 12.6 Å². The molecule has 0 aliphatic rings. The number of carbonyl (C=O) groups excluding carboxylic acids is 1. The highest BCUT2D eigenvalue weighted by atomic mass is 32.1. The normalized spacial score (nSPS) is 12.7. The molecule has 60 valence electrons. The van der Waals surface area contributed by atoms with Crippen LogP contribution in [0.15, 0.2) is 0 Å². The van der Waals surface area contributed by atoms with Crippen molar-refractivity contribution in [2.75, 3.05) is 7.11 Å². The number of thiol groups is 1. The van der Waals surface area contributed by atoms with Gasteiger partial charge in [0, 0.05) is 5.25 Å². The molecule has 0 rings (SSSR count). The van der Waals surface area contributed by atoms with Gasteiger partial charge in [-0.15, -0.1) is 0 Å². The fraction of sp³-hybridized carbons (Fsp3) is 0.857. The molecular weight excluding hydrogens is 148 g/mol. The fourth-order valence-corrected chi connectivity index (χ4v) is 1.12. The van der Waals surface area contributed by atoms with Crippen molar-refractivity contribution in [1.82, 2.24) is 0 Å². The lowest BCUT2D eigenvalue weighted by atomic mass is 10.2. The van der Waals surface area contributed by atoms with Gasteiger partial charge in [0.25, 0.3) is 0 Å². The summed E-state index contributed by atoms with van der Waals surface area (Å²) >= 11 is 4.20. The molecule has 0 spiro atoms. The molecule has 0 N–H and O–H groups in total. The van der Waals surface area contributed by atoms with Crippen molar-refractivity contribution in [1.29, 1.82) is 0 Å². The molecular formula is C7H14O2S. The Morgan fingerprint density at radius 2 is 2.30 bits per heavy atom. The Bertz CT molecular complexity index is 104. The van der Waals surface area contributed by atoms with Crippen LogP contribution in [-0.4, -0.2) is 18.3 Å². The number of ether oxygens (including phenoxy) is 1. The second-order valence-electron chi connectivity index (χ2n) is 2.22. The minimum atomic E-state index is -0.173. The first-order valence-corrected chi connectivity index (χ1v) is 3.97. The monoisotopic (exact) mass is 162 g/mol. The van der Waals surface area contributed by atoms with E-state index in [2.05, 4.69) is 24.3 Å². The maximum absolute atomic E-state index is 10.6. The molecule has 0 aromatic carbocycles. The van der Waals surface area contributed by atoms with E-state index in [1.807, 2.05) is 0 Å². The maximum Gasteiger partial charge on any atom is 0.306 e. The molecule has 2 nitrogen and oxygen atoms in total. The van der Waals surface area contributed by atoms with Crippen LogP contribution in [0.3, 0.4) is 0 Å². The molecule has 1 unspecified atom stereocenters. The summed E-state index contributed by atoms with van der Waals surface area (Å²) in [7, 11) is 1.40. The van der Waals surface area contributed by atoms with Gasteiger partial charge in [0.2, 0.25) is 0 Å². The predicted molar refractivity (Wildman–Crippen MR) is 44.3 cm³/mol. The lowest BCUT2D eigenvalue weighted by molar-refractivity contribution is -0.140. The summed E-state index contributed by atoms with van der Waals surface area (Å²) in [5.74, 6) is -0.173.